The van der Waals surface area contributed by atoms with Crippen molar-refractivity contribution >= 4 is 28.4 Å². The van der Waals surface area contributed by atoms with Gasteiger partial charge in [0.1, 0.15) is 10.3 Å². The standard InChI is InChI=1S/C6H7Cl2N/c1-3-5(7)9-6(8)4-2/h3-4H,1H2,2H3/b6-4-,9-5+. The first-order valence-electron chi connectivity index (χ1n) is 2.39. The van der Waals surface area contributed by atoms with E-state index in [0.29, 0.717) is 10.3 Å². The summed E-state index contributed by atoms with van der Waals surface area (Å²) >= 11 is 10.9. The molecule has 0 spiro atoms. The van der Waals surface area contributed by atoms with Crippen molar-refractivity contribution in [2.24, 2.45) is 4.99 Å². The second-order valence-corrected chi connectivity index (χ2v) is 2.02. The topological polar surface area (TPSA) is 12.4 Å². The molecule has 0 aromatic heterocycles. The normalized spacial score (nSPS) is 13.7. The van der Waals surface area contributed by atoms with Crippen LogP contribution >= 0.6 is 23.2 Å². The molecule has 0 unspecified atom stereocenters. The first kappa shape index (κ1) is 8.73. The summed E-state index contributed by atoms with van der Waals surface area (Å²) in [6.45, 7) is 5.18. The number of allylic oxidation sites excluding steroid dienone is 2. The summed E-state index contributed by atoms with van der Waals surface area (Å²) in [5.74, 6) is 0. The molecular weight excluding hydrogens is 157 g/mol. The molecular formula is C6H7Cl2N. The van der Waals surface area contributed by atoms with Gasteiger partial charge in [0.2, 0.25) is 0 Å². The molecule has 9 heavy (non-hydrogen) atoms. The lowest BCUT2D eigenvalue weighted by molar-refractivity contribution is 1.49. The third kappa shape index (κ3) is 4.25. The van der Waals surface area contributed by atoms with Crippen molar-refractivity contribution in [2.45, 2.75) is 6.92 Å². The van der Waals surface area contributed by atoms with Gasteiger partial charge in [-0.1, -0.05) is 35.9 Å². The van der Waals surface area contributed by atoms with E-state index in [-0.39, 0.29) is 0 Å². The zero-order valence-electron chi connectivity index (χ0n) is 5.06. The Morgan fingerprint density at radius 3 is 2.44 bits per heavy atom. The third-order valence-electron chi connectivity index (χ3n) is 0.620. The molecule has 0 amide bonds. The van der Waals surface area contributed by atoms with Crippen molar-refractivity contribution in [3.8, 4) is 0 Å². The van der Waals surface area contributed by atoms with Crippen LogP contribution in [0.1, 0.15) is 6.92 Å². The van der Waals surface area contributed by atoms with E-state index in [2.05, 4.69) is 11.6 Å². The summed E-state index contributed by atoms with van der Waals surface area (Å²) in [7, 11) is 0. The smallest absolute Gasteiger partial charge is 0.130 e. The molecule has 0 rings (SSSR count). The van der Waals surface area contributed by atoms with Gasteiger partial charge in [0, 0.05) is 0 Å². The van der Waals surface area contributed by atoms with Gasteiger partial charge in [-0.05, 0) is 13.0 Å². The van der Waals surface area contributed by atoms with Crippen LogP contribution in [0.4, 0.5) is 0 Å². The largest absolute Gasteiger partial charge is 0.225 e. The lowest BCUT2D eigenvalue weighted by Gasteiger charge is -1.85. The summed E-state index contributed by atoms with van der Waals surface area (Å²) in [5.41, 5.74) is 0. The van der Waals surface area contributed by atoms with Gasteiger partial charge in [-0.2, -0.15) is 0 Å². The maximum absolute atomic E-state index is 5.48. The molecule has 0 aromatic carbocycles. The van der Waals surface area contributed by atoms with Crippen molar-refractivity contribution in [1.29, 1.82) is 0 Å². The molecule has 0 bridgehead atoms. The first-order valence-corrected chi connectivity index (χ1v) is 3.14. The van der Waals surface area contributed by atoms with Crippen LogP contribution in [-0.2, 0) is 0 Å². The Hall–Kier alpha value is -0.270. The Morgan fingerprint density at radius 2 is 2.11 bits per heavy atom. The van der Waals surface area contributed by atoms with E-state index in [0.717, 1.165) is 0 Å². The summed E-state index contributed by atoms with van der Waals surface area (Å²) in [6.07, 6.45) is 3.07. The van der Waals surface area contributed by atoms with Crippen molar-refractivity contribution < 1.29 is 0 Å². The molecule has 0 N–H and O–H groups in total. The minimum Gasteiger partial charge on any atom is -0.225 e. The molecule has 0 aliphatic rings. The van der Waals surface area contributed by atoms with Crippen LogP contribution in [-0.4, -0.2) is 5.17 Å². The van der Waals surface area contributed by atoms with Crippen LogP contribution < -0.4 is 0 Å². The van der Waals surface area contributed by atoms with Gasteiger partial charge < -0.3 is 0 Å². The van der Waals surface area contributed by atoms with Crippen LogP contribution in [0.5, 0.6) is 0 Å². The van der Waals surface area contributed by atoms with Crippen LogP contribution in [0.15, 0.2) is 28.9 Å². The maximum atomic E-state index is 5.48. The zero-order valence-corrected chi connectivity index (χ0v) is 6.58. The Kier molecular flexibility index (Phi) is 4.46. The molecule has 0 atom stereocenters. The van der Waals surface area contributed by atoms with E-state index < -0.39 is 0 Å². The summed E-state index contributed by atoms with van der Waals surface area (Å²) in [4.78, 5) is 3.70. The molecule has 0 fully saturated rings. The molecule has 0 aromatic rings. The highest BCUT2D eigenvalue weighted by Crippen LogP contribution is 2.04. The highest BCUT2D eigenvalue weighted by molar-refractivity contribution is 6.68. The van der Waals surface area contributed by atoms with E-state index >= 15 is 0 Å². The van der Waals surface area contributed by atoms with E-state index in [4.69, 9.17) is 23.2 Å². The van der Waals surface area contributed by atoms with Gasteiger partial charge in [0.15, 0.2) is 0 Å². The van der Waals surface area contributed by atoms with Gasteiger partial charge in [-0.15, -0.1) is 0 Å². The fourth-order valence-electron chi connectivity index (χ4n) is 0.212. The minimum atomic E-state index is 0.304. The number of halogens is 2. The Labute approximate surface area is 64.7 Å². The van der Waals surface area contributed by atoms with Crippen molar-refractivity contribution in [3.05, 3.63) is 23.9 Å². The fourth-order valence-corrected chi connectivity index (χ4v) is 0.438. The van der Waals surface area contributed by atoms with E-state index in [9.17, 15) is 0 Å². The lowest BCUT2D eigenvalue weighted by atomic mass is 10.6. The molecule has 0 aliphatic carbocycles. The van der Waals surface area contributed by atoms with Gasteiger partial charge >= 0.3 is 0 Å². The predicted molar refractivity (Wildman–Crippen MR) is 43.1 cm³/mol. The lowest BCUT2D eigenvalue weighted by Crippen LogP contribution is -1.76. The van der Waals surface area contributed by atoms with Gasteiger partial charge in [-0.3, -0.25) is 0 Å². The SMILES string of the molecule is C=C/C(Cl)=N\C(Cl)=C/C. The van der Waals surface area contributed by atoms with E-state index in [1.165, 1.54) is 6.08 Å². The van der Waals surface area contributed by atoms with Crippen LogP contribution in [0.25, 0.3) is 0 Å². The number of hydrogen-bond acceptors (Lipinski definition) is 1. The van der Waals surface area contributed by atoms with Gasteiger partial charge in [0.25, 0.3) is 0 Å². The van der Waals surface area contributed by atoms with Gasteiger partial charge in [-0.25, -0.2) is 4.99 Å². The van der Waals surface area contributed by atoms with Crippen molar-refractivity contribution in [2.75, 3.05) is 0 Å². The number of hydrogen-bond donors (Lipinski definition) is 0. The second kappa shape index (κ2) is 4.59. The summed E-state index contributed by atoms with van der Waals surface area (Å²) in [6, 6.07) is 0. The quantitative estimate of drug-likeness (QED) is 0.439. The fraction of sp³-hybridized carbons (Fsp3) is 0.167. The Bertz CT molecular complexity index is 158. The molecule has 0 aliphatic heterocycles. The van der Waals surface area contributed by atoms with Gasteiger partial charge in [0.05, 0.1) is 0 Å². The number of aliphatic imine (C=N–C) groups is 1. The molecule has 0 radical (unpaired) electrons. The minimum absolute atomic E-state index is 0.304. The highest BCUT2D eigenvalue weighted by Gasteiger charge is 1.85. The second-order valence-electron chi connectivity index (χ2n) is 1.25. The molecule has 0 saturated carbocycles. The first-order chi connectivity index (χ1) is 4.20. The van der Waals surface area contributed by atoms with Crippen molar-refractivity contribution in [3.63, 3.8) is 0 Å². The van der Waals surface area contributed by atoms with E-state index in [1.807, 2.05) is 0 Å². The Morgan fingerprint density at radius 1 is 1.56 bits per heavy atom. The van der Waals surface area contributed by atoms with E-state index in [1.54, 1.807) is 13.0 Å². The molecule has 0 saturated heterocycles. The monoisotopic (exact) mass is 163 g/mol. The summed E-state index contributed by atoms with van der Waals surface area (Å²) < 4.78 is 0. The van der Waals surface area contributed by atoms with Crippen LogP contribution in [0.3, 0.4) is 0 Å². The number of rotatable bonds is 2. The maximum Gasteiger partial charge on any atom is 0.130 e. The molecule has 50 valence electrons. The predicted octanol–water partition coefficient (Wildman–Crippen LogP) is 2.91. The Balaban J connectivity index is 4.11. The molecule has 0 heterocycles. The van der Waals surface area contributed by atoms with Crippen LogP contribution in [0, 0.1) is 0 Å². The van der Waals surface area contributed by atoms with Crippen LogP contribution in [0.2, 0.25) is 0 Å². The van der Waals surface area contributed by atoms with Crippen molar-refractivity contribution in [1.82, 2.24) is 0 Å². The zero-order chi connectivity index (χ0) is 7.28. The third-order valence-corrected chi connectivity index (χ3v) is 1.16. The number of nitrogens with zero attached hydrogens (tertiary/aromatic N) is 1. The molecule has 1 nitrogen and oxygen atoms in total. The average molecular weight is 164 g/mol. The molecule has 3 heteroatoms. The average Bonchev–Trinajstić information content (AvgIpc) is 1.87. The summed E-state index contributed by atoms with van der Waals surface area (Å²) in [5, 5.41) is 0.679. The highest BCUT2D eigenvalue weighted by atomic mass is 35.5.